The van der Waals surface area contributed by atoms with E-state index in [1.165, 1.54) is 6.07 Å². The number of ketones is 1. The molecule has 0 amide bonds. The maximum atomic E-state index is 13.1. The molecule has 0 unspecified atom stereocenters. The Balaban J connectivity index is 1.81. The highest BCUT2D eigenvalue weighted by Gasteiger charge is 2.37. The molecule has 1 aliphatic heterocycles. The van der Waals surface area contributed by atoms with Gasteiger partial charge in [-0.2, -0.15) is 13.2 Å². The number of carbonyl (C=O) groups excluding carboxylic acids is 1. The SMILES string of the molecule is CC(=O)c1ccc(Oc2ccc(C3OCCO3)cc2)nc1C(F)(F)F. The molecule has 0 saturated carbocycles. The van der Waals surface area contributed by atoms with Crippen LogP contribution in [0.5, 0.6) is 11.6 Å². The number of hydrogen-bond acceptors (Lipinski definition) is 5. The van der Waals surface area contributed by atoms with Gasteiger partial charge in [0.2, 0.25) is 5.88 Å². The molecule has 1 fully saturated rings. The van der Waals surface area contributed by atoms with Crippen molar-refractivity contribution in [3.63, 3.8) is 0 Å². The van der Waals surface area contributed by atoms with Gasteiger partial charge in [-0.15, -0.1) is 0 Å². The number of hydrogen-bond donors (Lipinski definition) is 0. The van der Waals surface area contributed by atoms with Gasteiger partial charge in [-0.1, -0.05) is 12.1 Å². The van der Waals surface area contributed by atoms with Crippen LogP contribution < -0.4 is 4.74 Å². The molecule has 132 valence electrons. The molecule has 0 spiro atoms. The second-order valence-corrected chi connectivity index (χ2v) is 5.34. The van der Waals surface area contributed by atoms with E-state index < -0.39 is 29.5 Å². The summed E-state index contributed by atoms with van der Waals surface area (Å²) in [5.41, 5.74) is -0.978. The van der Waals surface area contributed by atoms with E-state index in [9.17, 15) is 18.0 Å². The van der Waals surface area contributed by atoms with E-state index in [1.807, 2.05) is 0 Å². The van der Waals surface area contributed by atoms with Crippen LogP contribution in [0.25, 0.3) is 0 Å². The van der Waals surface area contributed by atoms with Crippen LogP contribution in [-0.2, 0) is 15.7 Å². The summed E-state index contributed by atoms with van der Waals surface area (Å²) in [6, 6.07) is 8.83. The summed E-state index contributed by atoms with van der Waals surface area (Å²) < 4.78 is 55.2. The second-order valence-electron chi connectivity index (χ2n) is 5.34. The first-order valence-electron chi connectivity index (χ1n) is 7.45. The van der Waals surface area contributed by atoms with Gasteiger partial charge >= 0.3 is 6.18 Å². The van der Waals surface area contributed by atoms with Gasteiger partial charge in [-0.3, -0.25) is 4.79 Å². The van der Waals surface area contributed by atoms with Crippen molar-refractivity contribution in [1.29, 1.82) is 0 Å². The molecule has 8 heteroatoms. The maximum absolute atomic E-state index is 13.1. The molecule has 1 aromatic heterocycles. The molecule has 2 aromatic rings. The van der Waals surface area contributed by atoms with Gasteiger partial charge < -0.3 is 14.2 Å². The molecule has 0 N–H and O–H groups in total. The van der Waals surface area contributed by atoms with E-state index in [1.54, 1.807) is 24.3 Å². The minimum Gasteiger partial charge on any atom is -0.439 e. The molecule has 1 saturated heterocycles. The fourth-order valence-electron chi connectivity index (χ4n) is 2.36. The topological polar surface area (TPSA) is 57.7 Å². The molecule has 0 radical (unpaired) electrons. The zero-order valence-electron chi connectivity index (χ0n) is 13.2. The first-order chi connectivity index (χ1) is 11.8. The van der Waals surface area contributed by atoms with Gasteiger partial charge in [0.05, 0.1) is 13.2 Å². The zero-order chi connectivity index (χ0) is 18.0. The number of benzene rings is 1. The Morgan fingerprint density at radius 3 is 2.32 bits per heavy atom. The summed E-state index contributed by atoms with van der Waals surface area (Å²) in [6.45, 7) is 2.07. The van der Waals surface area contributed by atoms with Crippen LogP contribution in [0.4, 0.5) is 13.2 Å². The number of aromatic nitrogens is 1. The van der Waals surface area contributed by atoms with Crippen molar-refractivity contribution < 1.29 is 32.2 Å². The number of Topliss-reactive ketones (excluding diaryl/α,β-unsaturated/α-hetero) is 1. The van der Waals surface area contributed by atoms with Crippen molar-refractivity contribution >= 4 is 5.78 Å². The molecule has 0 bridgehead atoms. The summed E-state index contributed by atoms with van der Waals surface area (Å²) in [4.78, 5) is 14.8. The van der Waals surface area contributed by atoms with Gasteiger partial charge in [0.15, 0.2) is 17.8 Å². The molecule has 0 aliphatic carbocycles. The fourth-order valence-corrected chi connectivity index (χ4v) is 2.36. The highest BCUT2D eigenvalue weighted by atomic mass is 19.4. The number of rotatable bonds is 4. The van der Waals surface area contributed by atoms with Gasteiger partial charge in [0.1, 0.15) is 5.75 Å². The number of pyridine rings is 1. The first kappa shape index (κ1) is 17.4. The number of nitrogens with zero attached hydrogens (tertiary/aromatic N) is 1. The quantitative estimate of drug-likeness (QED) is 0.773. The minimum atomic E-state index is -4.75. The molecule has 5 nitrogen and oxygen atoms in total. The highest BCUT2D eigenvalue weighted by Crippen LogP contribution is 2.33. The third kappa shape index (κ3) is 3.97. The summed E-state index contributed by atoms with van der Waals surface area (Å²) in [7, 11) is 0. The number of ether oxygens (including phenoxy) is 3. The average molecular weight is 353 g/mol. The smallest absolute Gasteiger partial charge is 0.434 e. The van der Waals surface area contributed by atoms with E-state index in [2.05, 4.69) is 4.98 Å². The van der Waals surface area contributed by atoms with Gasteiger partial charge in [-0.05, 0) is 25.1 Å². The van der Waals surface area contributed by atoms with Crippen molar-refractivity contribution in [2.45, 2.75) is 19.4 Å². The normalized spacial score (nSPS) is 15.4. The lowest BCUT2D eigenvalue weighted by atomic mass is 10.1. The van der Waals surface area contributed by atoms with Gasteiger partial charge in [-0.25, -0.2) is 4.98 Å². The Morgan fingerprint density at radius 1 is 1.12 bits per heavy atom. The zero-order valence-corrected chi connectivity index (χ0v) is 13.2. The van der Waals surface area contributed by atoms with Gasteiger partial charge in [0.25, 0.3) is 0 Å². The Bertz CT molecular complexity index is 768. The standard InChI is InChI=1S/C17H14F3NO4/c1-10(22)13-6-7-14(21-15(13)17(18,19)20)25-12-4-2-11(3-5-12)16-23-8-9-24-16/h2-7,16H,8-9H2,1H3. The summed E-state index contributed by atoms with van der Waals surface area (Å²) >= 11 is 0. The average Bonchev–Trinajstić information content (AvgIpc) is 3.09. The maximum Gasteiger partial charge on any atom is 0.434 e. The monoisotopic (exact) mass is 353 g/mol. The van der Waals surface area contributed by atoms with Crippen molar-refractivity contribution in [3.05, 3.63) is 53.2 Å². The van der Waals surface area contributed by atoms with Crippen molar-refractivity contribution in [3.8, 4) is 11.6 Å². The van der Waals surface area contributed by atoms with Crippen LogP contribution in [0.1, 0.15) is 34.8 Å². The van der Waals surface area contributed by atoms with Crippen LogP contribution in [0.2, 0.25) is 0 Å². The number of carbonyl (C=O) groups is 1. The van der Waals surface area contributed by atoms with Gasteiger partial charge in [0, 0.05) is 17.2 Å². The number of halogens is 3. The molecule has 2 heterocycles. The molecule has 1 aromatic carbocycles. The highest BCUT2D eigenvalue weighted by molar-refractivity contribution is 5.95. The molecule has 25 heavy (non-hydrogen) atoms. The predicted molar refractivity (Wildman–Crippen MR) is 80.4 cm³/mol. The van der Waals surface area contributed by atoms with E-state index in [-0.39, 0.29) is 5.88 Å². The third-order valence-electron chi connectivity index (χ3n) is 3.51. The van der Waals surface area contributed by atoms with Crippen LogP contribution in [-0.4, -0.2) is 24.0 Å². The van der Waals surface area contributed by atoms with Crippen molar-refractivity contribution in [2.24, 2.45) is 0 Å². The summed E-state index contributed by atoms with van der Waals surface area (Å²) in [6.07, 6.45) is -5.19. The Hall–Kier alpha value is -2.45. The second kappa shape index (κ2) is 6.81. The van der Waals surface area contributed by atoms with Crippen LogP contribution in [0.3, 0.4) is 0 Å². The van der Waals surface area contributed by atoms with Crippen molar-refractivity contribution in [1.82, 2.24) is 4.98 Å². The van der Waals surface area contributed by atoms with E-state index in [4.69, 9.17) is 14.2 Å². The first-order valence-corrected chi connectivity index (χ1v) is 7.45. The van der Waals surface area contributed by atoms with E-state index in [0.29, 0.717) is 19.0 Å². The fraction of sp³-hybridized carbons (Fsp3) is 0.294. The predicted octanol–water partition coefficient (Wildman–Crippen LogP) is 4.14. The van der Waals surface area contributed by atoms with E-state index in [0.717, 1.165) is 18.6 Å². The summed E-state index contributed by atoms with van der Waals surface area (Å²) in [5.74, 6) is -0.663. The Morgan fingerprint density at radius 2 is 1.76 bits per heavy atom. The summed E-state index contributed by atoms with van der Waals surface area (Å²) in [5, 5.41) is 0. The van der Waals surface area contributed by atoms with Crippen molar-refractivity contribution in [2.75, 3.05) is 13.2 Å². The number of alkyl halides is 3. The largest absolute Gasteiger partial charge is 0.439 e. The lowest BCUT2D eigenvalue weighted by Crippen LogP contribution is -2.14. The molecule has 3 rings (SSSR count). The third-order valence-corrected chi connectivity index (χ3v) is 3.51. The Kier molecular flexibility index (Phi) is 4.73. The van der Waals surface area contributed by atoms with E-state index >= 15 is 0 Å². The lowest BCUT2D eigenvalue weighted by molar-refractivity contribution is -0.141. The lowest BCUT2D eigenvalue weighted by Gasteiger charge is -2.13. The van der Waals surface area contributed by atoms with Crippen LogP contribution in [0.15, 0.2) is 36.4 Å². The molecular formula is C17H14F3NO4. The minimum absolute atomic E-state index is 0.251. The molecule has 0 atom stereocenters. The van der Waals surface area contributed by atoms with Crippen LogP contribution in [0, 0.1) is 0 Å². The Labute approximate surface area is 141 Å². The molecular weight excluding hydrogens is 339 g/mol. The van der Waals surface area contributed by atoms with Crippen LogP contribution >= 0.6 is 0 Å². The molecule has 1 aliphatic rings.